The molecule has 3 aliphatic rings. The molecule has 7 nitrogen and oxygen atoms in total. The summed E-state index contributed by atoms with van der Waals surface area (Å²) < 4.78 is 5.48. The van der Waals surface area contributed by atoms with E-state index in [9.17, 15) is 14.7 Å². The number of amides is 1. The van der Waals surface area contributed by atoms with E-state index in [0.29, 0.717) is 30.0 Å². The van der Waals surface area contributed by atoms with Gasteiger partial charge in [0.1, 0.15) is 11.6 Å². The number of nitrogens with one attached hydrogen (secondary N) is 2. The maximum Gasteiger partial charge on any atom is 0.336 e. The Kier molecular flexibility index (Phi) is 7.20. The van der Waals surface area contributed by atoms with Crippen LogP contribution in [0.2, 0.25) is 0 Å². The fourth-order valence-corrected chi connectivity index (χ4v) is 6.00. The lowest BCUT2D eigenvalue weighted by Gasteiger charge is -2.27. The van der Waals surface area contributed by atoms with Gasteiger partial charge in [-0.1, -0.05) is 66.8 Å². The minimum absolute atomic E-state index is 0.0302. The Balaban J connectivity index is 1.56. The van der Waals surface area contributed by atoms with Crippen molar-refractivity contribution in [2.75, 3.05) is 7.11 Å². The number of hydrogen-bond donors (Lipinski definition) is 3. The molecule has 1 unspecified atom stereocenters. The zero-order valence-electron chi connectivity index (χ0n) is 22.3. The van der Waals surface area contributed by atoms with E-state index >= 15 is 0 Å². The number of aromatic amines is 1. The van der Waals surface area contributed by atoms with Crippen molar-refractivity contribution < 1.29 is 19.4 Å². The minimum Gasteiger partial charge on any atom is -0.497 e. The summed E-state index contributed by atoms with van der Waals surface area (Å²) in [6, 6.07) is 22.0. The summed E-state index contributed by atoms with van der Waals surface area (Å²) in [7, 11) is 1.63. The number of H-pyrrole nitrogens is 1. The number of carboxylic acid groups (broad SMARTS) is 1. The normalized spacial score (nSPS) is 20.0. The summed E-state index contributed by atoms with van der Waals surface area (Å²) in [6.07, 6.45) is 6.80. The third-order valence-electron chi connectivity index (χ3n) is 7.69. The van der Waals surface area contributed by atoms with Crippen LogP contribution in [0.15, 0.2) is 91.0 Å². The third-order valence-corrected chi connectivity index (χ3v) is 8.09. The van der Waals surface area contributed by atoms with Crippen molar-refractivity contribution >= 4 is 29.1 Å². The number of rotatable bonds is 4. The number of methoxy groups -OCH3 is 1. The van der Waals surface area contributed by atoms with Crippen LogP contribution in [0.3, 0.4) is 0 Å². The van der Waals surface area contributed by atoms with E-state index in [1.807, 2.05) is 72.8 Å². The van der Waals surface area contributed by atoms with Gasteiger partial charge in [0.25, 0.3) is 5.91 Å². The zero-order chi connectivity index (χ0) is 28.5. The molecule has 1 amide bonds. The Labute approximate surface area is 242 Å². The van der Waals surface area contributed by atoms with Crippen LogP contribution in [0, 0.1) is 0 Å². The van der Waals surface area contributed by atoms with Crippen LogP contribution in [0.5, 0.6) is 5.75 Å². The number of imidazole rings is 1. The molecule has 0 saturated heterocycles. The number of fused-ring (bicyclic) bond motifs is 6. The van der Waals surface area contributed by atoms with Crippen LogP contribution in [0.25, 0.3) is 16.8 Å². The van der Waals surface area contributed by atoms with E-state index in [4.69, 9.17) is 21.3 Å². The zero-order valence-corrected chi connectivity index (χ0v) is 23.1. The smallest absolute Gasteiger partial charge is 0.336 e. The van der Waals surface area contributed by atoms with Crippen molar-refractivity contribution in [2.45, 2.75) is 30.2 Å². The molecule has 8 heteroatoms. The van der Waals surface area contributed by atoms with E-state index in [0.717, 1.165) is 28.1 Å². The molecule has 1 aliphatic carbocycles. The third kappa shape index (κ3) is 5.16. The van der Waals surface area contributed by atoms with Gasteiger partial charge >= 0.3 is 5.97 Å². The maximum atomic E-state index is 13.5. The molecule has 3 heterocycles. The second-order valence-corrected chi connectivity index (χ2v) is 10.7. The number of halogens is 1. The number of carboxylic acids is 1. The molecular formula is C33H28ClN3O4. The lowest BCUT2D eigenvalue weighted by atomic mass is 9.81. The number of aryl methyl sites for hydroxylation is 1. The van der Waals surface area contributed by atoms with Gasteiger partial charge in [-0.3, -0.25) is 4.79 Å². The summed E-state index contributed by atoms with van der Waals surface area (Å²) in [5.41, 5.74) is 5.10. The molecule has 1 aromatic heterocycles. The number of ether oxygens (including phenoxy) is 1. The maximum absolute atomic E-state index is 13.5. The van der Waals surface area contributed by atoms with Gasteiger partial charge < -0.3 is 20.1 Å². The number of allylic oxidation sites excluding steroid dienone is 4. The fourth-order valence-electron chi connectivity index (χ4n) is 5.64. The van der Waals surface area contributed by atoms with Gasteiger partial charge in [-0.05, 0) is 48.2 Å². The summed E-state index contributed by atoms with van der Waals surface area (Å²) >= 11 is 6.85. The molecule has 3 aromatic carbocycles. The number of alkyl halides is 1. The van der Waals surface area contributed by atoms with E-state index in [1.165, 1.54) is 6.07 Å². The van der Waals surface area contributed by atoms with Crippen molar-refractivity contribution in [3.8, 4) is 17.0 Å². The molecule has 0 saturated carbocycles. The van der Waals surface area contributed by atoms with Gasteiger partial charge in [0.2, 0.25) is 0 Å². The average Bonchev–Trinajstić information content (AvgIpc) is 3.43. The van der Waals surface area contributed by atoms with Crippen molar-refractivity contribution in [1.29, 1.82) is 0 Å². The van der Waals surface area contributed by atoms with Crippen LogP contribution in [0.4, 0.5) is 0 Å². The van der Waals surface area contributed by atoms with Crippen molar-refractivity contribution in [3.63, 3.8) is 0 Å². The first-order valence-corrected chi connectivity index (χ1v) is 13.9. The van der Waals surface area contributed by atoms with Crippen LogP contribution < -0.4 is 10.1 Å². The Morgan fingerprint density at radius 2 is 1.88 bits per heavy atom. The van der Waals surface area contributed by atoms with Gasteiger partial charge in [0, 0.05) is 28.3 Å². The highest BCUT2D eigenvalue weighted by Crippen LogP contribution is 2.42. The first kappa shape index (κ1) is 26.6. The Morgan fingerprint density at radius 3 is 2.66 bits per heavy atom. The first-order chi connectivity index (χ1) is 19.9. The molecule has 0 fully saturated rings. The molecule has 4 bridgehead atoms. The monoisotopic (exact) mass is 565 g/mol. The molecule has 7 rings (SSSR count). The number of aromatic nitrogens is 2. The molecule has 0 spiro atoms. The summed E-state index contributed by atoms with van der Waals surface area (Å²) in [5, 5.41) is 12.8. The van der Waals surface area contributed by atoms with E-state index < -0.39 is 17.3 Å². The molecule has 41 heavy (non-hydrogen) atoms. The second-order valence-electron chi connectivity index (χ2n) is 10.2. The Morgan fingerprint density at radius 1 is 1.05 bits per heavy atom. The summed E-state index contributed by atoms with van der Waals surface area (Å²) in [4.78, 5) is 34.6. The topological polar surface area (TPSA) is 104 Å². The number of benzene rings is 3. The average molecular weight is 566 g/mol. The minimum atomic E-state index is -1.13. The van der Waals surface area contributed by atoms with Gasteiger partial charge in [-0.2, -0.15) is 0 Å². The number of nitrogens with zero attached hydrogens (tertiary/aromatic N) is 1. The largest absolute Gasteiger partial charge is 0.497 e. The number of hydrogen-bond acceptors (Lipinski definition) is 4. The first-order valence-electron chi connectivity index (χ1n) is 13.4. The fraction of sp³-hybridized carbons (Fsp3) is 0.182. The molecular weight excluding hydrogens is 538 g/mol. The van der Waals surface area contributed by atoms with Crippen molar-refractivity contribution in [1.82, 2.24) is 15.3 Å². The summed E-state index contributed by atoms with van der Waals surface area (Å²) in [6.45, 7) is 0. The molecule has 2 aliphatic heterocycles. The molecule has 3 N–H and O–H groups in total. The summed E-state index contributed by atoms with van der Waals surface area (Å²) in [5.74, 6) is -0.637. The van der Waals surface area contributed by atoms with Gasteiger partial charge in [-0.25, -0.2) is 9.78 Å². The van der Waals surface area contributed by atoms with Gasteiger partial charge in [0.05, 0.1) is 29.8 Å². The predicted molar refractivity (Wildman–Crippen MR) is 158 cm³/mol. The Bertz CT molecular complexity index is 1690. The Hall–Kier alpha value is -4.62. The molecule has 206 valence electrons. The van der Waals surface area contributed by atoms with E-state index in [2.05, 4.69) is 10.3 Å². The quantitative estimate of drug-likeness (QED) is 0.244. The van der Waals surface area contributed by atoms with E-state index in [-0.39, 0.29) is 23.1 Å². The van der Waals surface area contributed by atoms with Gasteiger partial charge in [0.15, 0.2) is 0 Å². The molecule has 0 radical (unpaired) electrons. The van der Waals surface area contributed by atoms with Crippen molar-refractivity contribution in [2.24, 2.45) is 0 Å². The van der Waals surface area contributed by atoms with Crippen molar-refractivity contribution in [3.05, 3.63) is 125 Å². The number of aromatic carboxylic acids is 1. The molecule has 3 atom stereocenters. The second kappa shape index (κ2) is 11.1. The molecule has 4 aromatic rings. The van der Waals surface area contributed by atoms with E-state index in [1.54, 1.807) is 19.2 Å². The highest BCUT2D eigenvalue weighted by Gasteiger charge is 2.33. The predicted octanol–water partition coefficient (Wildman–Crippen LogP) is 6.55. The van der Waals surface area contributed by atoms with Crippen LogP contribution in [-0.2, 0) is 6.42 Å². The standard InChI is InChI=1S/C33H28ClN3O4/c1-41-22-10-5-9-20(17-22)30-28-16-15-27(19-7-3-2-4-8-19)36-32(38)21-13-14-23(25(18-21)33(39)40)29-24(31(35-28)37-30)11-6-12-26(29)34/h2-14,17-18,26-27,29H,15-16H2,1H3,(H,35,37)(H,36,38)(H,39,40)/t26?,27-,29-/m1/s1. The highest BCUT2D eigenvalue weighted by molar-refractivity contribution is 6.23. The highest BCUT2D eigenvalue weighted by atomic mass is 35.5. The lowest BCUT2D eigenvalue weighted by molar-refractivity contribution is 0.0695. The lowest BCUT2D eigenvalue weighted by Crippen LogP contribution is -2.29. The number of carbonyl (C=O) groups excluding carboxylic acids is 1. The van der Waals surface area contributed by atoms with Gasteiger partial charge in [-0.15, -0.1) is 11.6 Å². The number of carbonyl (C=O) groups is 2. The van der Waals surface area contributed by atoms with Crippen LogP contribution in [-0.4, -0.2) is 39.4 Å². The SMILES string of the molecule is COc1cccc(-c2nc3[nH]c2CC[C@H](c2ccccc2)NC(=O)c2ccc(c(C(=O)O)c2)[C@@H]2C3=CC=CC2Cl)c1. The van der Waals surface area contributed by atoms with Crippen LogP contribution >= 0.6 is 11.6 Å². The van der Waals surface area contributed by atoms with Crippen LogP contribution in [0.1, 0.15) is 61.7 Å².